The first-order valence-corrected chi connectivity index (χ1v) is 11.9. The summed E-state index contributed by atoms with van der Waals surface area (Å²) in [7, 11) is 1.56. The predicted molar refractivity (Wildman–Crippen MR) is 125 cm³/mol. The summed E-state index contributed by atoms with van der Waals surface area (Å²) < 4.78 is 5.40. The lowest BCUT2D eigenvalue weighted by Gasteiger charge is -2.37. The molecule has 0 saturated heterocycles. The molecule has 5 rings (SSSR count). The number of rotatable bonds is 6. The molecular weight excluding hydrogens is 420 g/mol. The van der Waals surface area contributed by atoms with E-state index in [0.29, 0.717) is 17.9 Å². The van der Waals surface area contributed by atoms with E-state index in [1.54, 1.807) is 35.5 Å². The Balaban J connectivity index is 1.43. The molecule has 2 heterocycles. The van der Waals surface area contributed by atoms with Gasteiger partial charge in [-0.05, 0) is 54.0 Å². The molecule has 1 fully saturated rings. The Morgan fingerprint density at radius 1 is 1.06 bits per heavy atom. The Morgan fingerprint density at radius 2 is 1.81 bits per heavy atom. The lowest BCUT2D eigenvalue weighted by atomic mass is 9.93. The van der Waals surface area contributed by atoms with Crippen LogP contribution in [-0.4, -0.2) is 47.9 Å². The van der Waals surface area contributed by atoms with Gasteiger partial charge < -0.3 is 14.5 Å². The molecule has 2 aliphatic rings. The van der Waals surface area contributed by atoms with Crippen molar-refractivity contribution in [3.05, 3.63) is 87.6 Å². The molecule has 0 bridgehead atoms. The summed E-state index contributed by atoms with van der Waals surface area (Å²) >= 11 is 1.76. The fourth-order valence-corrected chi connectivity index (χ4v) is 5.45. The summed E-state index contributed by atoms with van der Waals surface area (Å²) in [5.41, 5.74) is 2.82. The summed E-state index contributed by atoms with van der Waals surface area (Å²) in [5.74, 6) is 0.396. The molecule has 32 heavy (non-hydrogen) atoms. The summed E-state index contributed by atoms with van der Waals surface area (Å²) in [6, 6.07) is 19.6. The van der Waals surface area contributed by atoms with Crippen molar-refractivity contribution in [2.24, 2.45) is 0 Å². The predicted octanol–water partition coefficient (Wildman–Crippen LogP) is 4.54. The largest absolute Gasteiger partial charge is 0.496 e. The molecule has 1 atom stereocenters. The van der Waals surface area contributed by atoms with Crippen molar-refractivity contribution in [3.63, 3.8) is 0 Å². The smallest absolute Gasteiger partial charge is 0.258 e. The van der Waals surface area contributed by atoms with Crippen molar-refractivity contribution in [3.8, 4) is 5.75 Å². The third-order valence-electron chi connectivity index (χ3n) is 6.29. The zero-order chi connectivity index (χ0) is 22.1. The van der Waals surface area contributed by atoms with Crippen LogP contribution in [0.5, 0.6) is 5.75 Å². The van der Waals surface area contributed by atoms with Gasteiger partial charge in [-0.15, -0.1) is 11.3 Å². The minimum Gasteiger partial charge on any atom is -0.496 e. The monoisotopic (exact) mass is 446 g/mol. The number of nitrogens with zero attached hydrogens (tertiary/aromatic N) is 2. The first-order chi connectivity index (χ1) is 15.7. The fourth-order valence-electron chi connectivity index (χ4n) is 4.55. The van der Waals surface area contributed by atoms with Crippen molar-refractivity contribution >= 4 is 23.2 Å². The van der Waals surface area contributed by atoms with Crippen LogP contribution in [0.2, 0.25) is 0 Å². The van der Waals surface area contributed by atoms with E-state index < -0.39 is 0 Å². The molecule has 2 amide bonds. The van der Waals surface area contributed by atoms with Crippen LogP contribution in [0.1, 0.15) is 45.2 Å². The Bertz CT molecular complexity index is 1120. The lowest BCUT2D eigenvalue weighted by molar-refractivity contribution is -0.134. The second-order valence-electron chi connectivity index (χ2n) is 8.31. The Morgan fingerprint density at radius 3 is 2.56 bits per heavy atom. The number of fused-ring (bicyclic) bond motifs is 1. The van der Waals surface area contributed by atoms with E-state index in [-0.39, 0.29) is 30.4 Å². The van der Waals surface area contributed by atoms with Crippen LogP contribution in [0.25, 0.3) is 0 Å². The van der Waals surface area contributed by atoms with Gasteiger partial charge in [0.25, 0.3) is 5.91 Å². The third kappa shape index (κ3) is 3.91. The Labute approximate surface area is 192 Å². The molecule has 5 nitrogen and oxygen atoms in total. The van der Waals surface area contributed by atoms with Gasteiger partial charge in [0.2, 0.25) is 5.91 Å². The molecule has 0 spiro atoms. The van der Waals surface area contributed by atoms with Gasteiger partial charge >= 0.3 is 0 Å². The summed E-state index contributed by atoms with van der Waals surface area (Å²) in [6.45, 7) is 0.748. The maximum absolute atomic E-state index is 13.7. The molecule has 1 aromatic heterocycles. The van der Waals surface area contributed by atoms with Gasteiger partial charge in [-0.25, -0.2) is 0 Å². The lowest BCUT2D eigenvalue weighted by Crippen LogP contribution is -2.47. The number of hydrogen-bond donors (Lipinski definition) is 0. The van der Waals surface area contributed by atoms with Gasteiger partial charge in [0.1, 0.15) is 12.3 Å². The van der Waals surface area contributed by atoms with Crippen LogP contribution in [0, 0.1) is 0 Å². The Hall–Kier alpha value is -3.12. The number of benzene rings is 2. The zero-order valence-corrected chi connectivity index (χ0v) is 18.9. The highest BCUT2D eigenvalue weighted by Crippen LogP contribution is 2.38. The van der Waals surface area contributed by atoms with E-state index in [1.807, 2.05) is 35.2 Å². The van der Waals surface area contributed by atoms with Gasteiger partial charge in [-0.2, -0.15) is 0 Å². The first kappa shape index (κ1) is 20.8. The molecule has 3 aromatic rings. The number of ether oxygens (including phenoxy) is 1. The quantitative estimate of drug-likeness (QED) is 0.559. The Kier molecular flexibility index (Phi) is 5.70. The molecule has 2 aromatic carbocycles. The number of carbonyl (C=O) groups excluding carboxylic acids is 2. The molecule has 0 radical (unpaired) electrons. The minimum absolute atomic E-state index is 0.00847. The van der Waals surface area contributed by atoms with E-state index in [2.05, 4.69) is 23.6 Å². The second-order valence-corrected chi connectivity index (χ2v) is 9.31. The molecule has 6 heteroatoms. The van der Waals surface area contributed by atoms with E-state index in [9.17, 15) is 9.59 Å². The highest BCUT2D eigenvalue weighted by molar-refractivity contribution is 7.10. The molecule has 1 saturated carbocycles. The maximum Gasteiger partial charge on any atom is 0.258 e. The standard InChI is InChI=1S/C26H26N2O3S/c1-31-22-10-6-5-9-20(22)26(30)28(19-11-12-19)17-24(29)27-15-13-23-21(14-16-32-23)25(27)18-7-3-2-4-8-18/h2-10,14,16,19,25H,11-13,15,17H2,1H3/t25-/m1/s1. The number of thiophene rings is 1. The minimum atomic E-state index is -0.136. The van der Waals surface area contributed by atoms with E-state index >= 15 is 0 Å². The van der Waals surface area contributed by atoms with Crippen LogP contribution in [0.15, 0.2) is 66.0 Å². The number of amides is 2. The average molecular weight is 447 g/mol. The summed E-state index contributed by atoms with van der Waals surface area (Å²) in [4.78, 5) is 32.1. The molecule has 1 aliphatic heterocycles. The molecular formula is C26H26N2O3S. The van der Waals surface area contributed by atoms with Crippen molar-refractivity contribution in [1.29, 1.82) is 0 Å². The molecule has 164 valence electrons. The average Bonchev–Trinajstić information content (AvgIpc) is 3.57. The van der Waals surface area contributed by atoms with Crippen molar-refractivity contribution < 1.29 is 14.3 Å². The number of hydrogen-bond acceptors (Lipinski definition) is 4. The van der Waals surface area contributed by atoms with E-state index in [4.69, 9.17) is 4.74 Å². The van der Waals surface area contributed by atoms with E-state index in [1.165, 1.54) is 10.4 Å². The summed E-state index contributed by atoms with van der Waals surface area (Å²) in [5, 5.41) is 2.11. The SMILES string of the molecule is COc1ccccc1C(=O)N(CC(=O)N1CCc2sccc2[C@H]1c1ccccc1)C1CC1. The maximum atomic E-state index is 13.7. The van der Waals surface area contributed by atoms with Gasteiger partial charge in [0, 0.05) is 17.5 Å². The zero-order valence-electron chi connectivity index (χ0n) is 18.1. The first-order valence-electron chi connectivity index (χ1n) is 11.0. The van der Waals surface area contributed by atoms with Crippen molar-refractivity contribution in [2.45, 2.75) is 31.3 Å². The van der Waals surface area contributed by atoms with Crippen LogP contribution < -0.4 is 4.74 Å². The number of methoxy groups -OCH3 is 1. The van der Waals surface area contributed by atoms with Crippen LogP contribution in [0.4, 0.5) is 0 Å². The van der Waals surface area contributed by atoms with Gasteiger partial charge in [-0.1, -0.05) is 42.5 Å². The van der Waals surface area contributed by atoms with Crippen LogP contribution in [-0.2, 0) is 11.2 Å². The van der Waals surface area contributed by atoms with E-state index in [0.717, 1.165) is 24.8 Å². The van der Waals surface area contributed by atoms with Crippen molar-refractivity contribution in [2.75, 3.05) is 20.2 Å². The number of para-hydroxylation sites is 1. The van der Waals surface area contributed by atoms with Gasteiger partial charge in [0.15, 0.2) is 0 Å². The third-order valence-corrected chi connectivity index (χ3v) is 7.29. The van der Waals surface area contributed by atoms with Gasteiger partial charge in [-0.3, -0.25) is 9.59 Å². The fraction of sp³-hybridized carbons (Fsp3) is 0.308. The van der Waals surface area contributed by atoms with Crippen molar-refractivity contribution in [1.82, 2.24) is 9.80 Å². The second kappa shape index (κ2) is 8.79. The molecule has 1 aliphatic carbocycles. The topological polar surface area (TPSA) is 49.9 Å². The van der Waals surface area contributed by atoms with Crippen LogP contribution in [0.3, 0.4) is 0 Å². The molecule has 0 N–H and O–H groups in total. The highest BCUT2D eigenvalue weighted by Gasteiger charge is 2.38. The van der Waals surface area contributed by atoms with Gasteiger partial charge in [0.05, 0.1) is 18.7 Å². The molecule has 0 unspecified atom stereocenters. The van der Waals surface area contributed by atoms with Crippen LogP contribution >= 0.6 is 11.3 Å². The highest BCUT2D eigenvalue weighted by atomic mass is 32.1. The summed E-state index contributed by atoms with van der Waals surface area (Å²) in [6.07, 6.45) is 2.72. The number of carbonyl (C=O) groups is 2. The normalized spacial score (nSPS) is 17.5.